The molecule has 1 aliphatic heterocycles. The molecule has 1 heterocycles. The number of hydrogen-bond donors (Lipinski definition) is 1. The van der Waals surface area contributed by atoms with Crippen molar-refractivity contribution in [1.29, 1.82) is 0 Å². The smallest absolute Gasteiger partial charge is 0.123 e. The van der Waals surface area contributed by atoms with Crippen molar-refractivity contribution in [2.75, 3.05) is 26.2 Å². The summed E-state index contributed by atoms with van der Waals surface area (Å²) in [5, 5.41) is 10.3. The Morgan fingerprint density at radius 2 is 1.67 bits per heavy atom. The molecule has 0 bridgehead atoms. The molecule has 3 heteroatoms. The van der Waals surface area contributed by atoms with E-state index in [0.29, 0.717) is 13.2 Å². The Morgan fingerprint density at radius 1 is 1.04 bits per heavy atom. The van der Waals surface area contributed by atoms with Crippen molar-refractivity contribution in [1.82, 2.24) is 4.90 Å². The Labute approximate surface area is 148 Å². The molecule has 1 aromatic rings. The molecule has 1 atom stereocenters. The second-order valence-electron chi connectivity index (χ2n) is 9.18. The van der Waals surface area contributed by atoms with Crippen LogP contribution in [0, 0.1) is 0 Å². The van der Waals surface area contributed by atoms with Gasteiger partial charge in [-0.1, -0.05) is 53.7 Å². The highest BCUT2D eigenvalue weighted by Gasteiger charge is 2.24. The monoisotopic (exact) mass is 333 g/mol. The van der Waals surface area contributed by atoms with Crippen LogP contribution in [0.2, 0.25) is 0 Å². The van der Waals surface area contributed by atoms with Gasteiger partial charge in [0, 0.05) is 6.54 Å². The first-order valence-electron chi connectivity index (χ1n) is 9.25. The maximum Gasteiger partial charge on any atom is 0.123 e. The average molecular weight is 334 g/mol. The molecule has 0 spiro atoms. The van der Waals surface area contributed by atoms with Crippen molar-refractivity contribution >= 4 is 0 Å². The maximum absolute atomic E-state index is 10.3. The van der Waals surface area contributed by atoms with Gasteiger partial charge in [0.05, 0.1) is 0 Å². The molecule has 0 aliphatic carbocycles. The third kappa shape index (κ3) is 5.22. The summed E-state index contributed by atoms with van der Waals surface area (Å²) in [5.74, 6) is 0.899. The number of aliphatic hydroxyl groups excluding tert-OH is 1. The van der Waals surface area contributed by atoms with Gasteiger partial charge in [0.1, 0.15) is 18.5 Å². The lowest BCUT2D eigenvalue weighted by Crippen LogP contribution is -2.34. The normalized spacial score (nSPS) is 18.0. The van der Waals surface area contributed by atoms with Gasteiger partial charge >= 0.3 is 0 Å². The van der Waals surface area contributed by atoms with Crippen molar-refractivity contribution in [3.8, 4) is 5.75 Å². The molecule has 1 N–H and O–H groups in total. The number of likely N-dealkylation sites (tertiary alicyclic amines) is 1. The second kappa shape index (κ2) is 7.45. The van der Waals surface area contributed by atoms with Gasteiger partial charge in [-0.05, 0) is 54.0 Å². The van der Waals surface area contributed by atoms with E-state index in [1.54, 1.807) is 0 Å². The highest BCUT2D eigenvalue weighted by Crippen LogP contribution is 2.35. The number of ether oxygens (including phenoxy) is 1. The number of rotatable bonds is 5. The SMILES string of the molecule is CC(C)(C)c1ccc(OC[C@@H](O)CN2CCCC2)c(C(C)(C)C)c1. The van der Waals surface area contributed by atoms with Gasteiger partial charge in [0.25, 0.3) is 0 Å². The summed E-state index contributed by atoms with van der Waals surface area (Å²) < 4.78 is 6.03. The van der Waals surface area contributed by atoms with Crippen molar-refractivity contribution < 1.29 is 9.84 Å². The molecule has 0 saturated carbocycles. The minimum absolute atomic E-state index is 0.0104. The predicted molar refractivity (Wildman–Crippen MR) is 101 cm³/mol. The van der Waals surface area contributed by atoms with Crippen LogP contribution in [0.5, 0.6) is 5.75 Å². The van der Waals surface area contributed by atoms with Crippen molar-refractivity contribution in [2.45, 2.75) is 71.3 Å². The summed E-state index contributed by atoms with van der Waals surface area (Å²) in [5.41, 5.74) is 2.66. The molecule has 0 unspecified atom stereocenters. The molecule has 0 radical (unpaired) electrons. The van der Waals surface area contributed by atoms with Crippen molar-refractivity contribution in [2.24, 2.45) is 0 Å². The Balaban J connectivity index is 2.08. The number of aliphatic hydroxyl groups is 1. The minimum Gasteiger partial charge on any atom is -0.491 e. The zero-order valence-electron chi connectivity index (χ0n) is 16.4. The van der Waals surface area contributed by atoms with Gasteiger partial charge in [-0.2, -0.15) is 0 Å². The number of benzene rings is 1. The lowest BCUT2D eigenvalue weighted by Gasteiger charge is -2.28. The predicted octanol–water partition coefficient (Wildman–Crippen LogP) is 4.12. The first-order chi connectivity index (χ1) is 11.1. The van der Waals surface area contributed by atoms with E-state index in [1.165, 1.54) is 24.0 Å². The quantitative estimate of drug-likeness (QED) is 0.880. The van der Waals surface area contributed by atoms with Crippen LogP contribution >= 0.6 is 0 Å². The topological polar surface area (TPSA) is 32.7 Å². The third-order valence-electron chi connectivity index (χ3n) is 4.75. The van der Waals surface area contributed by atoms with Crippen LogP contribution in [0.1, 0.15) is 65.5 Å². The third-order valence-corrected chi connectivity index (χ3v) is 4.75. The average Bonchev–Trinajstić information content (AvgIpc) is 2.95. The summed E-state index contributed by atoms with van der Waals surface area (Å²) in [6.45, 7) is 16.6. The first kappa shape index (κ1) is 19.3. The molecule has 1 saturated heterocycles. The van der Waals surface area contributed by atoms with Gasteiger partial charge in [0.15, 0.2) is 0 Å². The fraction of sp³-hybridized carbons (Fsp3) is 0.714. The molecule has 24 heavy (non-hydrogen) atoms. The highest BCUT2D eigenvalue weighted by molar-refractivity contribution is 5.43. The molecule has 3 nitrogen and oxygen atoms in total. The van der Waals surface area contributed by atoms with Gasteiger partial charge in [-0.3, -0.25) is 0 Å². The molecule has 136 valence electrons. The Kier molecular flexibility index (Phi) is 5.98. The van der Waals surface area contributed by atoms with Gasteiger partial charge in [-0.15, -0.1) is 0 Å². The van der Waals surface area contributed by atoms with Crippen LogP contribution in [0.15, 0.2) is 18.2 Å². The van der Waals surface area contributed by atoms with E-state index in [0.717, 1.165) is 18.8 Å². The van der Waals surface area contributed by atoms with Crippen LogP contribution in [0.4, 0.5) is 0 Å². The van der Waals surface area contributed by atoms with Gasteiger partial charge < -0.3 is 14.7 Å². The molecule has 0 aromatic heterocycles. The van der Waals surface area contributed by atoms with Gasteiger partial charge in [-0.25, -0.2) is 0 Å². The molecule has 0 amide bonds. The second-order valence-corrected chi connectivity index (χ2v) is 9.18. The summed E-state index contributed by atoms with van der Waals surface area (Å²) in [7, 11) is 0. The molecular weight excluding hydrogens is 298 g/mol. The fourth-order valence-electron chi connectivity index (χ4n) is 3.21. The zero-order valence-corrected chi connectivity index (χ0v) is 16.4. The Morgan fingerprint density at radius 3 is 2.21 bits per heavy atom. The zero-order chi connectivity index (χ0) is 18.0. The highest BCUT2D eigenvalue weighted by atomic mass is 16.5. The number of β-amino-alcohol motifs (C(OH)–C–C–N with tert-alkyl or cyclic N) is 1. The number of nitrogens with zero attached hydrogens (tertiary/aromatic N) is 1. The summed E-state index contributed by atoms with van der Waals surface area (Å²) in [6, 6.07) is 6.49. The summed E-state index contributed by atoms with van der Waals surface area (Å²) in [6.07, 6.45) is 2.06. The standard InChI is InChI=1S/C21H35NO2/c1-20(2,3)16-9-10-19(18(13-16)21(4,5)6)24-15-17(23)14-22-11-7-8-12-22/h9-10,13,17,23H,7-8,11-12,14-15H2,1-6H3/t17-/m0/s1. The minimum atomic E-state index is -0.432. The van der Waals surface area contributed by atoms with Crippen LogP contribution in [-0.2, 0) is 10.8 Å². The lowest BCUT2D eigenvalue weighted by molar-refractivity contribution is 0.0750. The van der Waals surface area contributed by atoms with Crippen LogP contribution < -0.4 is 4.74 Å². The number of hydrogen-bond acceptors (Lipinski definition) is 3. The summed E-state index contributed by atoms with van der Waals surface area (Å²) in [4.78, 5) is 2.32. The van der Waals surface area contributed by atoms with Crippen LogP contribution in [-0.4, -0.2) is 42.4 Å². The first-order valence-corrected chi connectivity index (χ1v) is 9.25. The van der Waals surface area contributed by atoms with Crippen LogP contribution in [0.25, 0.3) is 0 Å². The van der Waals surface area contributed by atoms with Crippen molar-refractivity contribution in [3.63, 3.8) is 0 Å². The Bertz CT molecular complexity index is 534. The van der Waals surface area contributed by atoms with E-state index in [1.807, 2.05) is 0 Å². The Hall–Kier alpha value is -1.06. The molecule has 1 aromatic carbocycles. The maximum atomic E-state index is 10.3. The van der Waals surface area contributed by atoms with E-state index >= 15 is 0 Å². The van der Waals surface area contributed by atoms with E-state index in [9.17, 15) is 5.11 Å². The van der Waals surface area contributed by atoms with E-state index in [4.69, 9.17) is 4.74 Å². The van der Waals surface area contributed by atoms with Crippen LogP contribution in [0.3, 0.4) is 0 Å². The lowest BCUT2D eigenvalue weighted by atomic mass is 9.80. The van der Waals surface area contributed by atoms with Gasteiger partial charge in [0.2, 0.25) is 0 Å². The molecular formula is C21H35NO2. The van der Waals surface area contributed by atoms with E-state index in [-0.39, 0.29) is 10.8 Å². The van der Waals surface area contributed by atoms with E-state index in [2.05, 4.69) is 64.6 Å². The molecule has 1 aliphatic rings. The molecule has 2 rings (SSSR count). The van der Waals surface area contributed by atoms with E-state index < -0.39 is 6.10 Å². The van der Waals surface area contributed by atoms with Crippen molar-refractivity contribution in [3.05, 3.63) is 29.3 Å². The largest absolute Gasteiger partial charge is 0.491 e. The molecule has 1 fully saturated rings. The fourth-order valence-corrected chi connectivity index (χ4v) is 3.21. The summed E-state index contributed by atoms with van der Waals surface area (Å²) >= 11 is 0.